The number of hydrazone groups is 2. The van der Waals surface area contributed by atoms with E-state index < -0.39 is 0 Å². The number of hydrogen-bond acceptors (Lipinski definition) is 6. The van der Waals surface area contributed by atoms with Crippen LogP contribution >= 0.6 is 48.0 Å². The van der Waals surface area contributed by atoms with Gasteiger partial charge in [0.25, 0.3) is 0 Å². The van der Waals surface area contributed by atoms with Crippen molar-refractivity contribution in [2.45, 2.75) is 11.5 Å². The number of thiocarbonyl (C=S) groups is 2. The van der Waals surface area contributed by atoms with Gasteiger partial charge in [-0.25, -0.2) is 0 Å². The fourth-order valence-electron chi connectivity index (χ4n) is 1.76. The predicted octanol–water partition coefficient (Wildman–Crippen LogP) is 4.57. The molecule has 0 heterocycles. The number of nitrogens with zero attached hydrogens (tertiary/aromatic N) is 2. The summed E-state index contributed by atoms with van der Waals surface area (Å²) in [4.78, 5) is 0. The molecule has 2 aromatic rings. The van der Waals surface area contributed by atoms with Gasteiger partial charge in [-0.15, -0.1) is 0 Å². The molecule has 2 aromatic carbocycles. The maximum absolute atomic E-state index is 5.21. The Bertz CT molecular complexity index is 683. The SMILES string of the molecule is S=C(N/N=C/C=N/NC(=S)SCc1ccccc1)SCc1ccccc1. The second kappa shape index (κ2) is 12.6. The van der Waals surface area contributed by atoms with Gasteiger partial charge in [0.15, 0.2) is 8.64 Å². The lowest BCUT2D eigenvalue weighted by Crippen LogP contribution is -2.13. The number of thioether (sulfide) groups is 2. The molecule has 0 fully saturated rings. The van der Waals surface area contributed by atoms with E-state index in [-0.39, 0.29) is 0 Å². The molecule has 134 valence electrons. The summed E-state index contributed by atoms with van der Waals surface area (Å²) in [5.41, 5.74) is 8.03. The molecule has 2 N–H and O–H groups in total. The quantitative estimate of drug-likeness (QED) is 0.390. The number of nitrogens with one attached hydrogen (secondary N) is 2. The Morgan fingerprint density at radius 3 is 1.50 bits per heavy atom. The molecule has 0 spiro atoms. The Kier molecular flexibility index (Phi) is 9.96. The standard InChI is InChI=1S/C18H18N4S4/c23-17(25-13-15-7-3-1-4-8-15)21-19-11-12-20-22-18(24)26-14-16-9-5-2-6-10-16/h1-12H,13-14H2,(H,21,23)(H,22,24)/b19-11+,20-12+. The largest absolute Gasteiger partial charge is 0.262 e. The van der Waals surface area contributed by atoms with Gasteiger partial charge in [0.2, 0.25) is 0 Å². The highest BCUT2D eigenvalue weighted by molar-refractivity contribution is 8.22. The summed E-state index contributed by atoms with van der Waals surface area (Å²) in [6.07, 6.45) is 3.04. The van der Waals surface area contributed by atoms with Crippen LogP contribution in [-0.4, -0.2) is 21.1 Å². The van der Waals surface area contributed by atoms with E-state index in [2.05, 4.69) is 45.3 Å². The highest BCUT2D eigenvalue weighted by atomic mass is 32.2. The van der Waals surface area contributed by atoms with Crippen LogP contribution in [0.2, 0.25) is 0 Å². The number of benzene rings is 2. The van der Waals surface area contributed by atoms with E-state index in [0.29, 0.717) is 8.64 Å². The summed E-state index contributed by atoms with van der Waals surface area (Å²) < 4.78 is 1.22. The summed E-state index contributed by atoms with van der Waals surface area (Å²) in [5.74, 6) is 1.62. The summed E-state index contributed by atoms with van der Waals surface area (Å²) >= 11 is 13.5. The molecule has 4 nitrogen and oxygen atoms in total. The molecule has 0 aliphatic heterocycles. The van der Waals surface area contributed by atoms with Crippen LogP contribution < -0.4 is 10.9 Å². The first-order valence-corrected chi connectivity index (χ1v) is 10.5. The highest BCUT2D eigenvalue weighted by Crippen LogP contribution is 2.13. The average Bonchev–Trinajstić information content (AvgIpc) is 2.69. The molecule has 0 saturated heterocycles. The Morgan fingerprint density at radius 2 is 1.12 bits per heavy atom. The third-order valence-electron chi connectivity index (χ3n) is 2.95. The zero-order chi connectivity index (χ0) is 18.5. The molecule has 8 heteroatoms. The van der Waals surface area contributed by atoms with E-state index in [9.17, 15) is 0 Å². The van der Waals surface area contributed by atoms with Gasteiger partial charge >= 0.3 is 0 Å². The minimum atomic E-state index is 0.611. The lowest BCUT2D eigenvalue weighted by molar-refractivity contribution is 1.06. The molecule has 2 rings (SSSR count). The fourth-order valence-corrected chi connectivity index (χ4v) is 3.43. The summed E-state index contributed by atoms with van der Waals surface area (Å²) in [6.45, 7) is 0. The Labute approximate surface area is 172 Å². The Morgan fingerprint density at radius 1 is 0.731 bits per heavy atom. The highest BCUT2D eigenvalue weighted by Gasteiger charge is 1.97. The number of rotatable bonds is 7. The van der Waals surface area contributed by atoms with E-state index in [1.165, 1.54) is 47.1 Å². The average molecular weight is 419 g/mol. The van der Waals surface area contributed by atoms with Crippen LogP contribution in [-0.2, 0) is 11.5 Å². The molecule has 0 aromatic heterocycles. The van der Waals surface area contributed by atoms with E-state index in [1.54, 1.807) is 0 Å². The maximum Gasteiger partial charge on any atom is 0.154 e. The van der Waals surface area contributed by atoms with Crippen LogP contribution in [0.5, 0.6) is 0 Å². The van der Waals surface area contributed by atoms with E-state index in [1.807, 2.05) is 36.4 Å². The van der Waals surface area contributed by atoms with Gasteiger partial charge in [0.05, 0.1) is 12.4 Å². The topological polar surface area (TPSA) is 48.8 Å². The first kappa shape index (κ1) is 20.6. The minimum Gasteiger partial charge on any atom is -0.262 e. The van der Waals surface area contributed by atoms with Gasteiger partial charge in [-0.2, -0.15) is 10.2 Å². The molecule has 0 aliphatic carbocycles. The van der Waals surface area contributed by atoms with E-state index in [0.717, 1.165) is 11.5 Å². The van der Waals surface area contributed by atoms with Gasteiger partial charge in [-0.1, -0.05) is 109 Å². The van der Waals surface area contributed by atoms with Gasteiger partial charge < -0.3 is 0 Å². The van der Waals surface area contributed by atoms with Gasteiger partial charge in [-0.05, 0) is 11.1 Å². The lowest BCUT2D eigenvalue weighted by atomic mass is 10.2. The molecule has 0 amide bonds. The zero-order valence-corrected chi connectivity index (χ0v) is 17.1. The van der Waals surface area contributed by atoms with Crippen LogP contribution in [0.3, 0.4) is 0 Å². The van der Waals surface area contributed by atoms with Crippen molar-refractivity contribution in [3.63, 3.8) is 0 Å². The van der Waals surface area contributed by atoms with Crippen molar-refractivity contribution in [1.29, 1.82) is 0 Å². The molecule has 0 unspecified atom stereocenters. The zero-order valence-electron chi connectivity index (χ0n) is 13.9. The summed E-state index contributed by atoms with van der Waals surface area (Å²) in [6, 6.07) is 20.3. The molecular weight excluding hydrogens is 400 g/mol. The van der Waals surface area contributed by atoms with Crippen molar-refractivity contribution in [3.8, 4) is 0 Å². The van der Waals surface area contributed by atoms with Gasteiger partial charge in [-0.3, -0.25) is 10.9 Å². The fraction of sp³-hybridized carbons (Fsp3) is 0.111. The van der Waals surface area contributed by atoms with Crippen LogP contribution in [0, 0.1) is 0 Å². The second-order valence-corrected chi connectivity index (χ2v) is 8.21. The summed E-state index contributed by atoms with van der Waals surface area (Å²) in [5, 5.41) is 8.00. The molecule has 0 saturated carbocycles. The van der Waals surface area contributed by atoms with Crippen molar-refractivity contribution in [2.24, 2.45) is 10.2 Å². The van der Waals surface area contributed by atoms with Crippen LogP contribution in [0.15, 0.2) is 70.9 Å². The molecule has 0 atom stereocenters. The minimum absolute atomic E-state index is 0.611. The first-order valence-electron chi connectivity index (χ1n) is 7.72. The van der Waals surface area contributed by atoms with Crippen molar-refractivity contribution in [2.75, 3.05) is 0 Å². The molecule has 0 aliphatic rings. The van der Waals surface area contributed by atoms with Crippen LogP contribution in [0.4, 0.5) is 0 Å². The number of hydrogen-bond donors (Lipinski definition) is 2. The lowest BCUT2D eigenvalue weighted by Gasteiger charge is -2.02. The predicted molar refractivity (Wildman–Crippen MR) is 124 cm³/mol. The van der Waals surface area contributed by atoms with E-state index in [4.69, 9.17) is 24.4 Å². The monoisotopic (exact) mass is 418 g/mol. The molecule has 0 radical (unpaired) electrons. The Hall–Kier alpha value is -1.74. The van der Waals surface area contributed by atoms with E-state index >= 15 is 0 Å². The van der Waals surface area contributed by atoms with Crippen LogP contribution in [0.25, 0.3) is 0 Å². The van der Waals surface area contributed by atoms with Crippen molar-refractivity contribution < 1.29 is 0 Å². The van der Waals surface area contributed by atoms with Crippen LogP contribution in [0.1, 0.15) is 11.1 Å². The molecular formula is C18H18N4S4. The maximum atomic E-state index is 5.21. The van der Waals surface area contributed by atoms with Crippen molar-refractivity contribution >= 4 is 69.0 Å². The third kappa shape index (κ3) is 9.10. The van der Waals surface area contributed by atoms with Crippen molar-refractivity contribution in [3.05, 3.63) is 71.8 Å². The van der Waals surface area contributed by atoms with Crippen molar-refractivity contribution in [1.82, 2.24) is 10.9 Å². The summed E-state index contributed by atoms with van der Waals surface area (Å²) in [7, 11) is 0. The molecule has 0 bridgehead atoms. The second-order valence-electron chi connectivity index (χ2n) is 4.90. The third-order valence-corrected chi connectivity index (χ3v) is 5.50. The normalized spacial score (nSPS) is 10.9. The smallest absolute Gasteiger partial charge is 0.154 e. The first-order chi connectivity index (χ1) is 12.7. The Balaban J connectivity index is 1.57. The van der Waals surface area contributed by atoms with Gasteiger partial charge in [0, 0.05) is 11.5 Å². The molecule has 26 heavy (non-hydrogen) atoms. The van der Waals surface area contributed by atoms with Gasteiger partial charge in [0.1, 0.15) is 0 Å².